The van der Waals surface area contributed by atoms with Gasteiger partial charge < -0.3 is 5.32 Å². The average Bonchev–Trinajstić information content (AvgIpc) is 2.55. The molecule has 1 saturated heterocycles. The molecule has 1 N–H and O–H groups in total. The maximum absolute atomic E-state index is 14.0. The van der Waals surface area contributed by atoms with Crippen LogP contribution in [0.25, 0.3) is 0 Å². The predicted octanol–water partition coefficient (Wildman–Crippen LogP) is 4.19. The molecule has 0 radical (unpaired) electrons. The van der Waals surface area contributed by atoms with Crippen LogP contribution in [-0.4, -0.2) is 12.1 Å². The molecular weight excluding hydrogens is 300 g/mol. The summed E-state index contributed by atoms with van der Waals surface area (Å²) in [4.78, 5) is 0. The molecule has 1 fully saturated rings. The number of halogens is 3. The van der Waals surface area contributed by atoms with Gasteiger partial charge in [0.2, 0.25) is 0 Å². The van der Waals surface area contributed by atoms with E-state index in [1.54, 1.807) is 0 Å². The van der Waals surface area contributed by atoms with Gasteiger partial charge in [0.1, 0.15) is 11.6 Å². The summed E-state index contributed by atoms with van der Waals surface area (Å²) in [5.41, 5.74) is -0.0276. The zero-order chi connectivity index (χ0) is 13.2. The highest BCUT2D eigenvalue weighted by Gasteiger charge is 2.28. The SMILES string of the molecule is CC1(Cc2c(F)ccc(Br)c2F)CCCCCN1. The number of rotatable bonds is 2. The lowest BCUT2D eigenvalue weighted by Gasteiger charge is -2.30. The summed E-state index contributed by atoms with van der Waals surface area (Å²) >= 11 is 3.12. The zero-order valence-corrected chi connectivity index (χ0v) is 12.1. The van der Waals surface area contributed by atoms with Crippen molar-refractivity contribution in [1.29, 1.82) is 0 Å². The van der Waals surface area contributed by atoms with Gasteiger partial charge in [0.25, 0.3) is 0 Å². The second-order valence-corrected chi connectivity index (χ2v) is 6.15. The van der Waals surface area contributed by atoms with E-state index in [4.69, 9.17) is 0 Å². The van der Waals surface area contributed by atoms with Gasteiger partial charge >= 0.3 is 0 Å². The van der Waals surface area contributed by atoms with Crippen LogP contribution in [0.5, 0.6) is 0 Å². The van der Waals surface area contributed by atoms with Crippen molar-refractivity contribution in [1.82, 2.24) is 5.32 Å². The summed E-state index contributed by atoms with van der Waals surface area (Å²) in [5.74, 6) is -0.926. The Morgan fingerprint density at radius 2 is 2.06 bits per heavy atom. The van der Waals surface area contributed by atoms with Gasteiger partial charge in [-0.2, -0.15) is 0 Å². The van der Waals surface area contributed by atoms with Gasteiger partial charge in [-0.25, -0.2) is 8.78 Å². The van der Waals surface area contributed by atoms with Crippen LogP contribution in [0.1, 0.15) is 38.2 Å². The molecule has 0 saturated carbocycles. The second-order valence-electron chi connectivity index (χ2n) is 5.30. The second kappa shape index (κ2) is 5.66. The molecule has 100 valence electrons. The maximum atomic E-state index is 14.0. The first-order valence-corrected chi connectivity index (χ1v) is 7.18. The fourth-order valence-corrected chi connectivity index (χ4v) is 2.94. The van der Waals surface area contributed by atoms with E-state index in [0.29, 0.717) is 10.9 Å². The Labute approximate surface area is 115 Å². The lowest BCUT2D eigenvalue weighted by atomic mass is 9.88. The van der Waals surface area contributed by atoms with Gasteiger partial charge in [0, 0.05) is 11.1 Å². The van der Waals surface area contributed by atoms with Crippen molar-refractivity contribution in [2.24, 2.45) is 0 Å². The third-order valence-corrected chi connectivity index (χ3v) is 4.28. The van der Waals surface area contributed by atoms with E-state index in [2.05, 4.69) is 28.2 Å². The Bertz CT molecular complexity index is 426. The minimum atomic E-state index is -0.470. The summed E-state index contributed by atoms with van der Waals surface area (Å²) in [5, 5.41) is 3.43. The van der Waals surface area contributed by atoms with Crippen LogP contribution in [-0.2, 0) is 6.42 Å². The Kier molecular flexibility index (Phi) is 4.38. The van der Waals surface area contributed by atoms with Crippen molar-refractivity contribution in [2.45, 2.75) is 44.6 Å². The Hall–Kier alpha value is -0.480. The molecule has 0 aromatic heterocycles. The minimum Gasteiger partial charge on any atom is -0.311 e. The Morgan fingerprint density at radius 3 is 2.83 bits per heavy atom. The van der Waals surface area contributed by atoms with Gasteiger partial charge in [-0.1, -0.05) is 12.8 Å². The Balaban J connectivity index is 2.24. The fraction of sp³-hybridized carbons (Fsp3) is 0.571. The van der Waals surface area contributed by atoms with Crippen LogP contribution in [0, 0.1) is 11.6 Å². The molecule has 0 spiro atoms. The van der Waals surface area contributed by atoms with Crippen molar-refractivity contribution in [2.75, 3.05) is 6.54 Å². The van der Waals surface area contributed by atoms with E-state index in [9.17, 15) is 8.78 Å². The van der Waals surface area contributed by atoms with Gasteiger partial charge in [-0.3, -0.25) is 0 Å². The largest absolute Gasteiger partial charge is 0.311 e. The van der Waals surface area contributed by atoms with Crippen molar-refractivity contribution in [3.05, 3.63) is 33.8 Å². The van der Waals surface area contributed by atoms with Crippen LogP contribution in [0.15, 0.2) is 16.6 Å². The minimum absolute atomic E-state index is 0.182. The molecule has 1 nitrogen and oxygen atoms in total. The maximum Gasteiger partial charge on any atom is 0.143 e. The molecular formula is C14H18BrF2N. The average molecular weight is 318 g/mol. The van der Waals surface area contributed by atoms with Crippen LogP contribution >= 0.6 is 15.9 Å². The molecule has 4 heteroatoms. The number of nitrogens with one attached hydrogen (secondary N) is 1. The van der Waals surface area contributed by atoms with E-state index >= 15 is 0 Å². The summed E-state index contributed by atoms with van der Waals surface area (Å²) in [6, 6.07) is 2.74. The smallest absolute Gasteiger partial charge is 0.143 e. The van der Waals surface area contributed by atoms with E-state index in [1.165, 1.54) is 18.6 Å². The molecule has 1 atom stereocenters. The van der Waals surface area contributed by atoms with E-state index in [1.807, 2.05) is 0 Å². The molecule has 1 aromatic carbocycles. The summed E-state index contributed by atoms with van der Waals surface area (Å²) in [6.45, 7) is 2.98. The summed E-state index contributed by atoms with van der Waals surface area (Å²) in [6.07, 6.45) is 4.79. The standard InChI is InChI=1S/C14H18BrF2N/c1-14(7-3-2-4-8-18-14)9-10-12(16)6-5-11(15)13(10)17/h5-6,18H,2-4,7-9H2,1H3. The Morgan fingerprint density at radius 1 is 1.28 bits per heavy atom. The molecule has 1 aromatic rings. The molecule has 0 amide bonds. The molecule has 1 heterocycles. The molecule has 1 aliphatic rings. The highest BCUT2D eigenvalue weighted by Crippen LogP contribution is 2.28. The van der Waals surface area contributed by atoms with Crippen LogP contribution in [0.2, 0.25) is 0 Å². The molecule has 0 aliphatic carbocycles. The number of hydrogen-bond acceptors (Lipinski definition) is 1. The first-order valence-electron chi connectivity index (χ1n) is 6.39. The molecule has 18 heavy (non-hydrogen) atoms. The van der Waals surface area contributed by atoms with E-state index < -0.39 is 11.6 Å². The number of benzene rings is 1. The lowest BCUT2D eigenvalue weighted by molar-refractivity contribution is 0.335. The van der Waals surface area contributed by atoms with Crippen LogP contribution < -0.4 is 5.32 Å². The van der Waals surface area contributed by atoms with Crippen molar-refractivity contribution in [3.63, 3.8) is 0 Å². The zero-order valence-electron chi connectivity index (χ0n) is 10.5. The van der Waals surface area contributed by atoms with E-state index in [-0.39, 0.29) is 11.1 Å². The molecule has 1 unspecified atom stereocenters. The monoisotopic (exact) mass is 317 g/mol. The van der Waals surface area contributed by atoms with Gasteiger partial charge in [-0.05, 0) is 60.8 Å². The first kappa shape index (κ1) is 13.9. The topological polar surface area (TPSA) is 12.0 Å². The van der Waals surface area contributed by atoms with Crippen LogP contribution in [0.3, 0.4) is 0 Å². The van der Waals surface area contributed by atoms with Crippen molar-refractivity contribution in [3.8, 4) is 0 Å². The number of hydrogen-bond donors (Lipinski definition) is 1. The van der Waals surface area contributed by atoms with Crippen LogP contribution in [0.4, 0.5) is 8.78 Å². The van der Waals surface area contributed by atoms with E-state index in [0.717, 1.165) is 25.8 Å². The first-order chi connectivity index (χ1) is 8.52. The summed E-state index contributed by atoms with van der Waals surface area (Å²) < 4.78 is 28.1. The molecule has 0 bridgehead atoms. The quantitative estimate of drug-likeness (QED) is 0.806. The van der Waals surface area contributed by atoms with Crippen molar-refractivity contribution < 1.29 is 8.78 Å². The highest BCUT2D eigenvalue weighted by molar-refractivity contribution is 9.10. The highest BCUT2D eigenvalue weighted by atomic mass is 79.9. The third-order valence-electron chi connectivity index (χ3n) is 3.66. The predicted molar refractivity (Wildman–Crippen MR) is 72.6 cm³/mol. The third kappa shape index (κ3) is 3.09. The normalized spacial score (nSPS) is 24.9. The van der Waals surface area contributed by atoms with Gasteiger partial charge in [0.05, 0.1) is 4.47 Å². The fourth-order valence-electron chi connectivity index (χ4n) is 2.57. The molecule has 1 aliphatic heterocycles. The lowest BCUT2D eigenvalue weighted by Crippen LogP contribution is -2.44. The van der Waals surface area contributed by atoms with Gasteiger partial charge in [-0.15, -0.1) is 0 Å². The van der Waals surface area contributed by atoms with Gasteiger partial charge in [0.15, 0.2) is 0 Å². The summed E-state index contributed by atoms with van der Waals surface area (Å²) in [7, 11) is 0. The van der Waals surface area contributed by atoms with Crippen molar-refractivity contribution >= 4 is 15.9 Å². The molecule has 2 rings (SSSR count).